The van der Waals surface area contributed by atoms with Crippen LogP contribution < -0.4 is 21.2 Å². The highest BCUT2D eigenvalue weighted by Gasteiger charge is 2.55. The molecule has 1 aliphatic rings. The van der Waals surface area contributed by atoms with E-state index in [4.69, 9.17) is 39.5 Å². The summed E-state index contributed by atoms with van der Waals surface area (Å²) in [6.45, 7) is -2.22. The summed E-state index contributed by atoms with van der Waals surface area (Å²) in [5.74, 6) is -4.65. The van der Waals surface area contributed by atoms with Crippen molar-refractivity contribution < 1.29 is 38.9 Å². The highest BCUT2D eigenvalue weighted by molar-refractivity contribution is 7.96. The fraction of sp³-hybridized carbons (Fsp3) is 0.189. The molecule has 0 bridgehead atoms. The van der Waals surface area contributed by atoms with Crippen LogP contribution in [0.2, 0.25) is 0 Å². The van der Waals surface area contributed by atoms with E-state index in [0.717, 1.165) is 0 Å². The summed E-state index contributed by atoms with van der Waals surface area (Å²) in [6, 6.07) is 32.5. The molecule has 4 aromatic carbocycles. The number of hydrogen-bond donors (Lipinski definition) is 3. The number of aliphatic hydroxyl groups is 1. The summed E-state index contributed by atoms with van der Waals surface area (Å²) in [6.07, 6.45) is -2.68. The second kappa shape index (κ2) is 15.8. The van der Waals surface area contributed by atoms with Crippen molar-refractivity contribution in [1.82, 2.24) is 10.2 Å². The summed E-state index contributed by atoms with van der Waals surface area (Å²) in [5.41, 5.74) is 0.388. The summed E-state index contributed by atoms with van der Waals surface area (Å²) < 4.78 is 2.65. The number of amides is 3. The molecule has 3 atom stereocenters. The van der Waals surface area contributed by atoms with Crippen LogP contribution in [0.15, 0.2) is 115 Å². The number of aliphatic carboxylic acids is 1. The number of ketones is 1. The van der Waals surface area contributed by atoms with Gasteiger partial charge in [0.05, 0.1) is 18.1 Å². The molecule has 1 fully saturated rings. The number of rotatable bonds is 11. The third-order valence-corrected chi connectivity index (χ3v) is 13.2. The van der Waals surface area contributed by atoms with Gasteiger partial charge in [0.25, 0.3) is 9.70 Å². The van der Waals surface area contributed by atoms with Crippen LogP contribution >= 0.6 is 41.7 Å². The lowest BCUT2D eigenvalue weighted by Gasteiger charge is -2.50. The molecule has 1 saturated heterocycles. The maximum Gasteiger partial charge on any atom is 0.414 e. The van der Waals surface area contributed by atoms with E-state index in [1.165, 1.54) is 24.0 Å². The average Bonchev–Trinajstić information content (AvgIpc) is 3.11. The normalized spacial score (nSPS) is 16.4. The number of hydrogen-bond acceptors (Lipinski definition) is 7. The molecule has 0 aliphatic carbocycles. The lowest BCUT2D eigenvalue weighted by molar-refractivity contribution is -0.156. The lowest BCUT2D eigenvalue weighted by Crippen LogP contribution is -2.68. The fourth-order valence-corrected chi connectivity index (χ4v) is 10.7. The summed E-state index contributed by atoms with van der Waals surface area (Å²) in [4.78, 5) is 66.6. The zero-order valence-electron chi connectivity index (χ0n) is 27.0. The lowest BCUT2D eigenvalue weighted by atomic mass is 9.79. The first-order chi connectivity index (χ1) is 24.3. The first-order valence-electron chi connectivity index (χ1n) is 15.6. The van der Waals surface area contributed by atoms with E-state index in [9.17, 15) is 34.2 Å². The minimum Gasteiger partial charge on any atom is -0.477 e. The Morgan fingerprint density at radius 2 is 1.35 bits per heavy atom. The van der Waals surface area contributed by atoms with E-state index >= 15 is 0 Å². The van der Waals surface area contributed by atoms with E-state index in [1.54, 1.807) is 17.4 Å². The number of alkyl halides is 3. The summed E-state index contributed by atoms with van der Waals surface area (Å²) >= 11 is 16.4. The standard InChI is InChI=1S/C37H32Cl3N2O8P/c1-23(43)31-29(21-30(44)25-13-11-12-24(20-25)22-50-36(49)41-35(48)37(38,39)40)42(32(31)45)33(34(46)47)51(26-14-5-2-6-15-26,27-16-7-3-8-17-27)28-18-9-4-10-19-28/h2-20,23,29,31,43H,21-22H2,1H3,(H,46,47)(H,41,48,49)/t23-,29-,31-/m1/s1. The maximum absolute atomic E-state index is 14.0. The zero-order chi connectivity index (χ0) is 36.9. The van der Waals surface area contributed by atoms with Crippen LogP contribution in [0.3, 0.4) is 0 Å². The topological polar surface area (TPSA) is 150 Å². The molecule has 3 N–H and O–H groups in total. The highest BCUT2D eigenvalue weighted by Crippen LogP contribution is 2.49. The summed E-state index contributed by atoms with van der Waals surface area (Å²) in [5, 5.41) is 25.7. The molecule has 14 heteroatoms. The average molecular weight is 770 g/mol. The molecule has 5 rings (SSSR count). The molecule has 0 radical (unpaired) electrons. The van der Waals surface area contributed by atoms with Gasteiger partial charge in [-0.1, -0.05) is 144 Å². The van der Waals surface area contributed by atoms with Crippen LogP contribution in [0.25, 0.3) is 0 Å². The third kappa shape index (κ3) is 7.91. The second-order valence-electron chi connectivity index (χ2n) is 11.7. The Morgan fingerprint density at radius 3 is 1.80 bits per heavy atom. The van der Waals surface area contributed by atoms with Gasteiger partial charge in [0.2, 0.25) is 5.91 Å². The van der Waals surface area contributed by atoms with Crippen LogP contribution in [0, 0.1) is 5.92 Å². The number of carbonyl (C=O) groups is 5. The Labute approximate surface area is 308 Å². The number of carboxylic acid groups (broad SMARTS) is 1. The Morgan fingerprint density at radius 1 is 0.843 bits per heavy atom. The van der Waals surface area contributed by atoms with Crippen LogP contribution in [0.4, 0.5) is 4.79 Å². The number of aliphatic hydroxyl groups excluding tert-OH is 1. The largest absolute Gasteiger partial charge is 0.477 e. The van der Waals surface area contributed by atoms with E-state index < -0.39 is 58.4 Å². The van der Waals surface area contributed by atoms with E-state index in [-0.39, 0.29) is 24.0 Å². The predicted octanol–water partition coefficient (Wildman–Crippen LogP) is 4.80. The minimum atomic E-state index is -3.31. The van der Waals surface area contributed by atoms with Gasteiger partial charge in [-0.2, -0.15) is 0 Å². The Balaban J connectivity index is 1.58. The quantitative estimate of drug-likeness (QED) is 0.0853. The molecule has 0 saturated carbocycles. The molecule has 3 amide bonds. The fourth-order valence-electron chi connectivity index (χ4n) is 6.24. The van der Waals surface area contributed by atoms with Crippen LogP contribution in [0.1, 0.15) is 29.3 Å². The minimum absolute atomic E-state index is 0.177. The molecule has 1 aliphatic heterocycles. The number of Topliss-reactive ketones (excluding diaryl/α,β-unsaturated/α-hetero) is 1. The van der Waals surface area contributed by atoms with Crippen molar-refractivity contribution >= 4 is 92.7 Å². The summed E-state index contributed by atoms with van der Waals surface area (Å²) in [7, 11) is 0. The van der Waals surface area contributed by atoms with Crippen molar-refractivity contribution in [2.75, 3.05) is 0 Å². The molecule has 10 nitrogen and oxygen atoms in total. The number of ether oxygens (including phenoxy) is 1. The Bertz CT molecular complexity index is 1900. The first kappa shape index (κ1) is 37.8. The van der Waals surface area contributed by atoms with Gasteiger partial charge in [0, 0.05) is 18.9 Å². The van der Waals surface area contributed by atoms with Crippen molar-refractivity contribution in [2.24, 2.45) is 5.92 Å². The van der Waals surface area contributed by atoms with Gasteiger partial charge in [-0.25, -0.2) is 9.59 Å². The Kier molecular flexibility index (Phi) is 11.7. The zero-order valence-corrected chi connectivity index (χ0v) is 30.2. The maximum atomic E-state index is 14.0. The number of alkyl carbamates (subject to hydrolysis) is 1. The van der Waals surface area contributed by atoms with Crippen molar-refractivity contribution in [3.63, 3.8) is 0 Å². The van der Waals surface area contributed by atoms with Crippen LogP contribution in [-0.4, -0.2) is 66.1 Å². The molecule has 0 aromatic heterocycles. The van der Waals surface area contributed by atoms with Gasteiger partial charge in [0.15, 0.2) is 5.78 Å². The molecular weight excluding hydrogens is 738 g/mol. The van der Waals surface area contributed by atoms with Crippen LogP contribution in [-0.2, 0) is 25.7 Å². The first-order valence-corrected chi connectivity index (χ1v) is 18.5. The molecular formula is C37H32Cl3N2O8P. The number of benzene rings is 4. The van der Waals surface area contributed by atoms with E-state index in [2.05, 4.69) is 0 Å². The van der Waals surface area contributed by atoms with Crippen molar-refractivity contribution in [3.8, 4) is 0 Å². The molecule has 4 aromatic rings. The molecule has 0 unspecified atom stereocenters. The van der Waals surface area contributed by atoms with E-state index in [0.29, 0.717) is 21.5 Å². The highest BCUT2D eigenvalue weighted by atomic mass is 35.6. The smallest absolute Gasteiger partial charge is 0.414 e. The Hall–Kier alpha value is -4.44. The molecule has 51 heavy (non-hydrogen) atoms. The van der Waals surface area contributed by atoms with Crippen molar-refractivity contribution in [1.29, 1.82) is 0 Å². The molecule has 264 valence electrons. The SMILES string of the molecule is C[C@@H](O)[C@H]1C(=O)N(C(C(=O)O)=P(c2ccccc2)(c2ccccc2)c2ccccc2)[C@@H]1CC(=O)c1cccc(COC(=O)NC(=O)C(Cl)(Cl)Cl)c1. The number of carboxylic acids is 1. The van der Waals surface area contributed by atoms with Gasteiger partial charge in [0.1, 0.15) is 12.0 Å². The monoisotopic (exact) mass is 768 g/mol. The van der Waals surface area contributed by atoms with Gasteiger partial charge in [-0.15, -0.1) is 0 Å². The van der Waals surface area contributed by atoms with Gasteiger partial charge >= 0.3 is 12.1 Å². The number of halogens is 3. The van der Waals surface area contributed by atoms with Gasteiger partial charge < -0.3 is 19.8 Å². The number of imide groups is 1. The van der Waals surface area contributed by atoms with Gasteiger partial charge in [-0.3, -0.25) is 19.7 Å². The van der Waals surface area contributed by atoms with Crippen LogP contribution in [0.5, 0.6) is 0 Å². The van der Waals surface area contributed by atoms with Gasteiger partial charge in [-0.05, 0) is 34.5 Å². The number of nitrogens with one attached hydrogen (secondary N) is 1. The molecule has 1 heterocycles. The number of likely N-dealkylation sites (tertiary alicyclic amines) is 1. The van der Waals surface area contributed by atoms with Crippen molar-refractivity contribution in [3.05, 3.63) is 126 Å². The molecule has 0 spiro atoms. The number of nitrogens with zero attached hydrogens (tertiary/aromatic N) is 1. The number of β-lactam (4-membered cyclic amide) rings is 1. The predicted molar refractivity (Wildman–Crippen MR) is 198 cm³/mol. The van der Waals surface area contributed by atoms with E-state index in [1.807, 2.05) is 91.0 Å². The number of carbonyl (C=O) groups excluding carboxylic acids is 4. The van der Waals surface area contributed by atoms with Crippen molar-refractivity contribution in [2.45, 2.75) is 35.9 Å². The second-order valence-corrected chi connectivity index (χ2v) is 17.3. The third-order valence-electron chi connectivity index (χ3n) is 8.44.